The van der Waals surface area contributed by atoms with E-state index in [4.69, 9.17) is 22.9 Å². The molecule has 10 N–H and O–H groups in total. The summed E-state index contributed by atoms with van der Waals surface area (Å²) in [5.74, 6) is -2.00. The van der Waals surface area contributed by atoms with Crippen LogP contribution in [0, 0.1) is 5.92 Å². The highest BCUT2D eigenvalue weighted by Crippen LogP contribution is 2.41. The van der Waals surface area contributed by atoms with Crippen LogP contribution in [0.2, 0.25) is 0 Å². The number of nitrogens with two attached hydrogens (primary N) is 4. The molecule has 1 aromatic carbocycles. The first-order chi connectivity index (χ1) is 22.5. The molecule has 47 heavy (non-hydrogen) atoms. The van der Waals surface area contributed by atoms with Gasteiger partial charge >= 0.3 is 0 Å². The van der Waals surface area contributed by atoms with Gasteiger partial charge in [0, 0.05) is 19.1 Å². The van der Waals surface area contributed by atoms with Gasteiger partial charge in [-0.25, -0.2) is 0 Å². The Morgan fingerprint density at radius 2 is 1.66 bits per heavy atom. The second kappa shape index (κ2) is 16.6. The van der Waals surface area contributed by atoms with Crippen LogP contribution in [0.1, 0.15) is 76.7 Å². The maximum absolute atomic E-state index is 14.1. The van der Waals surface area contributed by atoms with Crippen molar-refractivity contribution in [3.63, 3.8) is 0 Å². The van der Waals surface area contributed by atoms with Crippen molar-refractivity contribution in [2.75, 3.05) is 13.1 Å². The van der Waals surface area contributed by atoms with Crippen LogP contribution in [-0.2, 0) is 30.4 Å². The van der Waals surface area contributed by atoms with E-state index in [0.717, 1.165) is 31.2 Å². The first kappa shape index (κ1) is 35.7. The largest absolute Gasteiger partial charge is 0.370 e. The zero-order chi connectivity index (χ0) is 34.1. The van der Waals surface area contributed by atoms with Crippen LogP contribution in [0.3, 0.4) is 0 Å². The van der Waals surface area contributed by atoms with Crippen molar-refractivity contribution in [2.45, 2.75) is 114 Å². The lowest BCUT2D eigenvalue weighted by atomic mass is 9.84. The molecule has 4 rings (SSSR count). The smallest absolute Gasteiger partial charge is 0.246 e. The van der Waals surface area contributed by atoms with Gasteiger partial charge in [0.2, 0.25) is 29.5 Å². The lowest BCUT2D eigenvalue weighted by Gasteiger charge is -2.37. The third-order valence-corrected chi connectivity index (χ3v) is 9.73. The number of carbonyl (C=O) groups is 5. The van der Waals surface area contributed by atoms with Crippen LogP contribution < -0.4 is 33.6 Å². The third kappa shape index (κ3) is 9.21. The number of amides is 5. The Balaban J connectivity index is 1.38. The molecule has 2 heterocycles. The lowest BCUT2D eigenvalue weighted by Crippen LogP contribution is -2.58. The molecule has 258 valence electrons. The van der Waals surface area contributed by atoms with Crippen LogP contribution in [0.5, 0.6) is 0 Å². The van der Waals surface area contributed by atoms with Crippen molar-refractivity contribution in [3.05, 3.63) is 35.9 Å². The fourth-order valence-electron chi connectivity index (χ4n) is 7.24. The fraction of sp³-hybridized carbons (Fsp3) is 0.636. The summed E-state index contributed by atoms with van der Waals surface area (Å²) in [6, 6.07) is 5.33. The van der Waals surface area contributed by atoms with Gasteiger partial charge in [0.05, 0.1) is 6.04 Å². The number of nitrogens with zero attached hydrogens (tertiary/aromatic N) is 3. The van der Waals surface area contributed by atoms with Crippen LogP contribution in [0.4, 0.5) is 0 Å². The Hall–Kier alpha value is -4.20. The molecule has 0 bridgehead atoms. The number of likely N-dealkylation sites (tertiary alicyclic amines) is 2. The number of aliphatic imine (C=N–C) groups is 1. The molecule has 1 aliphatic carbocycles. The maximum Gasteiger partial charge on any atom is 0.246 e. The molecule has 14 nitrogen and oxygen atoms in total. The summed E-state index contributed by atoms with van der Waals surface area (Å²) in [7, 11) is 0. The van der Waals surface area contributed by atoms with E-state index in [2.05, 4.69) is 15.6 Å². The second-order valence-electron chi connectivity index (χ2n) is 13.1. The van der Waals surface area contributed by atoms with Crippen molar-refractivity contribution in [1.29, 1.82) is 0 Å². The minimum atomic E-state index is -0.969. The van der Waals surface area contributed by atoms with E-state index in [9.17, 15) is 24.0 Å². The molecule has 14 heteroatoms. The zero-order valence-electron chi connectivity index (χ0n) is 27.3. The molecular formula is C33H51N9O5. The van der Waals surface area contributed by atoms with Crippen molar-refractivity contribution >= 4 is 35.5 Å². The maximum atomic E-state index is 14.1. The average Bonchev–Trinajstić information content (AvgIpc) is 3.70. The molecule has 3 fully saturated rings. The second-order valence-corrected chi connectivity index (χ2v) is 13.1. The van der Waals surface area contributed by atoms with Crippen LogP contribution >= 0.6 is 0 Å². The minimum absolute atomic E-state index is 0.0203. The Kier molecular flexibility index (Phi) is 12.6. The van der Waals surface area contributed by atoms with Gasteiger partial charge in [-0.2, -0.15) is 0 Å². The topological polar surface area (TPSA) is 232 Å². The molecule has 0 radical (unpaired) electrons. The summed E-state index contributed by atoms with van der Waals surface area (Å²) in [5.41, 5.74) is 23.7. The Bertz CT molecular complexity index is 1300. The van der Waals surface area contributed by atoms with Crippen molar-refractivity contribution in [2.24, 2.45) is 33.8 Å². The number of guanidine groups is 1. The average molecular weight is 654 g/mol. The molecule has 0 unspecified atom stereocenters. The van der Waals surface area contributed by atoms with E-state index in [1.54, 1.807) is 9.80 Å². The lowest BCUT2D eigenvalue weighted by molar-refractivity contribution is -0.149. The van der Waals surface area contributed by atoms with Crippen molar-refractivity contribution in [1.82, 2.24) is 20.4 Å². The summed E-state index contributed by atoms with van der Waals surface area (Å²) in [4.78, 5) is 73.7. The Labute approximate surface area is 276 Å². The highest BCUT2D eigenvalue weighted by atomic mass is 16.2. The number of benzene rings is 1. The van der Waals surface area contributed by atoms with Crippen LogP contribution in [-0.4, -0.2) is 94.6 Å². The fourth-order valence-corrected chi connectivity index (χ4v) is 7.24. The number of nitrogens with one attached hydrogen (secondary N) is 2. The molecule has 7 atom stereocenters. The van der Waals surface area contributed by atoms with Gasteiger partial charge in [-0.3, -0.25) is 29.0 Å². The van der Waals surface area contributed by atoms with E-state index in [1.807, 2.05) is 30.3 Å². The number of carbonyl (C=O) groups excluding carboxylic acids is 5. The predicted molar refractivity (Wildman–Crippen MR) is 177 cm³/mol. The summed E-state index contributed by atoms with van der Waals surface area (Å²) in [6.45, 7) is 2.26. The predicted octanol–water partition coefficient (Wildman–Crippen LogP) is -0.374. The van der Waals surface area contributed by atoms with Gasteiger partial charge in [-0.15, -0.1) is 0 Å². The van der Waals surface area contributed by atoms with E-state index in [-0.39, 0.29) is 29.7 Å². The molecule has 0 spiro atoms. The summed E-state index contributed by atoms with van der Waals surface area (Å²) in [6.07, 6.45) is 7.12. The van der Waals surface area contributed by atoms with Gasteiger partial charge in [-0.05, 0) is 76.2 Å². The molecule has 3 aliphatic rings. The van der Waals surface area contributed by atoms with E-state index >= 15 is 0 Å². The van der Waals surface area contributed by atoms with Gasteiger partial charge < -0.3 is 43.4 Å². The molecule has 1 saturated carbocycles. The first-order valence-electron chi connectivity index (χ1n) is 16.9. The number of rotatable bonds is 14. The summed E-state index contributed by atoms with van der Waals surface area (Å²) in [5, 5.41) is 5.39. The molecule has 2 aliphatic heterocycles. The SMILES string of the molecule is C[C@@H](NC(=O)[C@@H]1CCCN1C(=O)[C@@H]1C[C@@H]2CCCC[C@@H]2N1C(=O)[C@H](N)CCCN=C(N)N)C(=O)N[C@@H](CCc1ccccc1)C(N)=O. The first-order valence-corrected chi connectivity index (χ1v) is 16.9. The van der Waals surface area contributed by atoms with Crippen molar-refractivity contribution in [3.8, 4) is 0 Å². The van der Waals surface area contributed by atoms with Gasteiger partial charge in [0.15, 0.2) is 5.96 Å². The summed E-state index contributed by atoms with van der Waals surface area (Å²) >= 11 is 0. The van der Waals surface area contributed by atoms with Gasteiger partial charge in [-0.1, -0.05) is 43.2 Å². The zero-order valence-corrected chi connectivity index (χ0v) is 27.3. The number of aryl methyl sites for hydroxylation is 1. The quantitative estimate of drug-likeness (QED) is 0.0878. The number of fused-ring (bicyclic) bond motifs is 1. The Morgan fingerprint density at radius 3 is 2.36 bits per heavy atom. The number of primary amides is 1. The summed E-state index contributed by atoms with van der Waals surface area (Å²) < 4.78 is 0. The van der Waals surface area contributed by atoms with E-state index in [0.29, 0.717) is 58.0 Å². The molecule has 2 saturated heterocycles. The normalized spacial score (nSPS) is 24.0. The van der Waals surface area contributed by atoms with Crippen LogP contribution in [0.25, 0.3) is 0 Å². The standard InChI is InChI=1S/C33H51N9O5/c1-20(29(44)40-24(28(35)43)16-15-21-9-3-2-4-10-21)39-30(45)26-14-8-18-41(26)32(47)27-19-22-11-5-6-13-25(22)42(27)31(46)23(34)12-7-17-38-33(36)37/h2-4,9-10,20,22-27H,5-8,11-19,34H2,1H3,(H2,35,43)(H,39,45)(H,40,44)(H4,36,37,38)/t20-,22+,23-,24+,25+,26+,27+/m1/s1. The van der Waals surface area contributed by atoms with E-state index < -0.39 is 47.9 Å². The van der Waals surface area contributed by atoms with Crippen LogP contribution in [0.15, 0.2) is 35.3 Å². The minimum Gasteiger partial charge on any atom is -0.370 e. The van der Waals surface area contributed by atoms with Gasteiger partial charge in [0.1, 0.15) is 24.2 Å². The monoisotopic (exact) mass is 653 g/mol. The highest BCUT2D eigenvalue weighted by Gasteiger charge is 2.51. The molecule has 1 aromatic rings. The van der Waals surface area contributed by atoms with Gasteiger partial charge in [0.25, 0.3) is 0 Å². The van der Waals surface area contributed by atoms with E-state index in [1.165, 1.54) is 6.92 Å². The molecule has 0 aromatic heterocycles. The Morgan fingerprint density at radius 1 is 0.936 bits per heavy atom. The number of hydrogen-bond donors (Lipinski definition) is 6. The highest BCUT2D eigenvalue weighted by molar-refractivity contribution is 5.96. The molecular weight excluding hydrogens is 602 g/mol. The van der Waals surface area contributed by atoms with Crippen molar-refractivity contribution < 1.29 is 24.0 Å². The molecule has 5 amide bonds. The number of hydrogen-bond acceptors (Lipinski definition) is 7. The third-order valence-electron chi connectivity index (χ3n) is 9.73.